The lowest BCUT2D eigenvalue weighted by molar-refractivity contribution is -0.119. The second-order valence-electron chi connectivity index (χ2n) is 5.46. The van der Waals surface area contributed by atoms with Gasteiger partial charge in [0.1, 0.15) is 0 Å². The van der Waals surface area contributed by atoms with Gasteiger partial charge in [0, 0.05) is 25.6 Å². The number of aliphatic hydroxyl groups excluding tert-OH is 1. The number of hydrogen-bond acceptors (Lipinski definition) is 3. The number of carbonyl (C=O) groups is 2. The first kappa shape index (κ1) is 17.2. The molecule has 5 heteroatoms. The molecule has 1 unspecified atom stereocenters. The van der Waals surface area contributed by atoms with Crippen LogP contribution in [0.25, 0.3) is 0 Å². The van der Waals surface area contributed by atoms with Gasteiger partial charge in [0.25, 0.3) is 5.91 Å². The van der Waals surface area contributed by atoms with Crippen molar-refractivity contribution in [3.05, 3.63) is 35.4 Å². The number of aliphatic hydroxyl groups is 1. The molecule has 0 aliphatic heterocycles. The summed E-state index contributed by atoms with van der Waals surface area (Å²) in [5.41, 5.74) is 1.51. The molecule has 0 aromatic heterocycles. The van der Waals surface area contributed by atoms with Gasteiger partial charge in [0.05, 0.1) is 6.10 Å². The number of hydrogen-bond donors (Lipinski definition) is 3. The van der Waals surface area contributed by atoms with Crippen molar-refractivity contribution in [3.8, 4) is 0 Å². The molecule has 5 nitrogen and oxygen atoms in total. The van der Waals surface area contributed by atoms with Crippen molar-refractivity contribution in [1.29, 1.82) is 0 Å². The van der Waals surface area contributed by atoms with Crippen molar-refractivity contribution in [3.63, 3.8) is 0 Å². The molecule has 1 atom stereocenters. The number of carbonyl (C=O) groups excluding carboxylic acids is 2. The van der Waals surface area contributed by atoms with E-state index in [1.54, 1.807) is 12.1 Å². The van der Waals surface area contributed by atoms with Crippen LogP contribution < -0.4 is 10.6 Å². The van der Waals surface area contributed by atoms with Crippen molar-refractivity contribution in [2.45, 2.75) is 39.8 Å². The van der Waals surface area contributed by atoms with Crippen LogP contribution in [0.15, 0.2) is 24.3 Å². The van der Waals surface area contributed by atoms with Gasteiger partial charge in [-0.1, -0.05) is 26.0 Å². The maximum Gasteiger partial charge on any atom is 0.251 e. The molecule has 0 radical (unpaired) electrons. The lowest BCUT2D eigenvalue weighted by Crippen LogP contribution is -2.28. The molecule has 2 amide bonds. The topological polar surface area (TPSA) is 78.4 Å². The van der Waals surface area contributed by atoms with Gasteiger partial charge < -0.3 is 15.7 Å². The van der Waals surface area contributed by atoms with Crippen LogP contribution in [0.5, 0.6) is 0 Å². The summed E-state index contributed by atoms with van der Waals surface area (Å²) < 4.78 is 0. The predicted molar refractivity (Wildman–Crippen MR) is 81.8 cm³/mol. The van der Waals surface area contributed by atoms with E-state index >= 15 is 0 Å². The summed E-state index contributed by atoms with van der Waals surface area (Å²) in [4.78, 5) is 22.7. The van der Waals surface area contributed by atoms with Crippen molar-refractivity contribution in [2.75, 3.05) is 6.54 Å². The van der Waals surface area contributed by atoms with Crippen LogP contribution in [0.1, 0.15) is 43.1 Å². The highest BCUT2D eigenvalue weighted by Gasteiger charge is 2.10. The Bertz CT molecular complexity index is 469. The van der Waals surface area contributed by atoms with Crippen molar-refractivity contribution < 1.29 is 14.7 Å². The van der Waals surface area contributed by atoms with Crippen LogP contribution in [0.3, 0.4) is 0 Å². The maximum atomic E-state index is 11.9. The Kier molecular flexibility index (Phi) is 6.88. The van der Waals surface area contributed by atoms with Crippen molar-refractivity contribution >= 4 is 11.8 Å². The van der Waals surface area contributed by atoms with E-state index < -0.39 is 6.10 Å². The average Bonchev–Trinajstić information content (AvgIpc) is 2.45. The van der Waals surface area contributed by atoms with Crippen LogP contribution in [-0.2, 0) is 11.3 Å². The summed E-state index contributed by atoms with van der Waals surface area (Å²) in [7, 11) is 0. The summed E-state index contributed by atoms with van der Waals surface area (Å²) in [6.07, 6.45) is 0.148. The van der Waals surface area contributed by atoms with E-state index in [1.165, 1.54) is 6.92 Å². The summed E-state index contributed by atoms with van der Waals surface area (Å²) >= 11 is 0. The minimum Gasteiger partial charge on any atom is -0.393 e. The van der Waals surface area contributed by atoms with E-state index in [4.69, 9.17) is 0 Å². The normalized spacial score (nSPS) is 12.0. The highest BCUT2D eigenvalue weighted by molar-refractivity contribution is 5.94. The standard InChI is InChI=1S/C16H24N2O3/c1-11(2)15(20)8-9-17-16(21)14-6-4-13(5-7-14)10-18-12(3)19/h4-7,11,15,20H,8-10H2,1-3H3,(H,17,21)(H,18,19). The van der Waals surface area contributed by atoms with Gasteiger partial charge in [0.2, 0.25) is 5.91 Å². The molecule has 0 aliphatic carbocycles. The van der Waals surface area contributed by atoms with Gasteiger partial charge in [0.15, 0.2) is 0 Å². The molecule has 1 rings (SSSR count). The van der Waals surface area contributed by atoms with Crippen LogP contribution in [0.2, 0.25) is 0 Å². The van der Waals surface area contributed by atoms with Crippen LogP contribution in [0, 0.1) is 5.92 Å². The fourth-order valence-corrected chi connectivity index (χ4v) is 1.77. The first-order valence-corrected chi connectivity index (χ1v) is 7.19. The van der Waals surface area contributed by atoms with Gasteiger partial charge in [-0.3, -0.25) is 9.59 Å². The molecule has 1 aromatic carbocycles. The molecule has 0 aliphatic rings. The molecular weight excluding hydrogens is 268 g/mol. The van der Waals surface area contributed by atoms with Gasteiger partial charge >= 0.3 is 0 Å². The monoisotopic (exact) mass is 292 g/mol. The van der Waals surface area contributed by atoms with E-state index in [0.29, 0.717) is 25.1 Å². The number of benzene rings is 1. The van der Waals surface area contributed by atoms with Gasteiger partial charge in [-0.2, -0.15) is 0 Å². The van der Waals surface area contributed by atoms with Gasteiger partial charge in [-0.15, -0.1) is 0 Å². The minimum absolute atomic E-state index is 0.0828. The summed E-state index contributed by atoms with van der Waals surface area (Å²) in [6, 6.07) is 7.08. The lowest BCUT2D eigenvalue weighted by Gasteiger charge is -2.14. The Morgan fingerprint density at radius 1 is 1.14 bits per heavy atom. The second-order valence-corrected chi connectivity index (χ2v) is 5.46. The molecule has 21 heavy (non-hydrogen) atoms. The summed E-state index contributed by atoms with van der Waals surface area (Å²) in [5, 5.41) is 15.2. The fraction of sp³-hybridized carbons (Fsp3) is 0.500. The Morgan fingerprint density at radius 3 is 2.29 bits per heavy atom. The number of amides is 2. The Labute approximate surface area is 125 Å². The van der Waals surface area contributed by atoms with Crippen LogP contribution in [-0.4, -0.2) is 29.6 Å². The molecule has 0 saturated carbocycles. The van der Waals surface area contributed by atoms with E-state index in [9.17, 15) is 14.7 Å². The highest BCUT2D eigenvalue weighted by atomic mass is 16.3. The third-order valence-corrected chi connectivity index (χ3v) is 3.25. The number of rotatable bonds is 7. The quantitative estimate of drug-likeness (QED) is 0.712. The van der Waals surface area contributed by atoms with E-state index in [0.717, 1.165) is 5.56 Å². The highest BCUT2D eigenvalue weighted by Crippen LogP contribution is 2.06. The third-order valence-electron chi connectivity index (χ3n) is 3.25. The van der Waals surface area contributed by atoms with Crippen LogP contribution >= 0.6 is 0 Å². The SMILES string of the molecule is CC(=O)NCc1ccc(C(=O)NCCC(O)C(C)C)cc1. The first-order chi connectivity index (χ1) is 9.90. The lowest BCUT2D eigenvalue weighted by atomic mass is 10.0. The Balaban J connectivity index is 2.42. The molecule has 1 aromatic rings. The zero-order chi connectivity index (χ0) is 15.8. The Morgan fingerprint density at radius 2 is 1.76 bits per heavy atom. The fourth-order valence-electron chi connectivity index (χ4n) is 1.77. The zero-order valence-corrected chi connectivity index (χ0v) is 12.8. The van der Waals surface area contributed by atoms with Crippen molar-refractivity contribution in [1.82, 2.24) is 10.6 Å². The molecule has 3 N–H and O–H groups in total. The minimum atomic E-state index is -0.398. The molecular formula is C16H24N2O3. The first-order valence-electron chi connectivity index (χ1n) is 7.19. The van der Waals surface area contributed by atoms with Gasteiger partial charge in [-0.05, 0) is 30.0 Å². The van der Waals surface area contributed by atoms with Crippen molar-refractivity contribution in [2.24, 2.45) is 5.92 Å². The third kappa shape index (κ3) is 6.40. The Hall–Kier alpha value is -1.88. The molecule has 0 fully saturated rings. The summed E-state index contributed by atoms with van der Waals surface area (Å²) in [6.45, 7) is 6.26. The predicted octanol–water partition coefficient (Wildman–Crippen LogP) is 1.46. The van der Waals surface area contributed by atoms with E-state index in [-0.39, 0.29) is 17.7 Å². The number of nitrogens with one attached hydrogen (secondary N) is 2. The smallest absolute Gasteiger partial charge is 0.251 e. The van der Waals surface area contributed by atoms with E-state index in [2.05, 4.69) is 10.6 Å². The van der Waals surface area contributed by atoms with E-state index in [1.807, 2.05) is 26.0 Å². The maximum absolute atomic E-state index is 11.9. The van der Waals surface area contributed by atoms with Crippen LogP contribution in [0.4, 0.5) is 0 Å². The molecule has 0 heterocycles. The molecule has 116 valence electrons. The molecule has 0 saturated heterocycles. The summed E-state index contributed by atoms with van der Waals surface area (Å²) in [5.74, 6) is -0.0486. The molecule has 0 bridgehead atoms. The van der Waals surface area contributed by atoms with Gasteiger partial charge in [-0.25, -0.2) is 0 Å². The second kappa shape index (κ2) is 8.42. The molecule has 0 spiro atoms. The zero-order valence-electron chi connectivity index (χ0n) is 12.8. The largest absolute Gasteiger partial charge is 0.393 e. The average molecular weight is 292 g/mol.